The van der Waals surface area contributed by atoms with Crippen LogP contribution in [0, 0.1) is 17.6 Å². The van der Waals surface area contributed by atoms with Gasteiger partial charge in [0, 0.05) is 11.9 Å². The van der Waals surface area contributed by atoms with Gasteiger partial charge in [-0.3, -0.25) is 4.79 Å². The van der Waals surface area contributed by atoms with Crippen LogP contribution in [0.25, 0.3) is 0 Å². The molecule has 0 bridgehead atoms. The Morgan fingerprint density at radius 2 is 1.89 bits per heavy atom. The first-order chi connectivity index (χ1) is 9.13. The van der Waals surface area contributed by atoms with E-state index in [1.165, 1.54) is 6.07 Å². The highest BCUT2D eigenvalue weighted by Gasteiger charge is 2.27. The fraction of sp³-hybridized carbons (Fsp3) is 0.500. The number of hydrogen-bond donors (Lipinski definition) is 1. The van der Waals surface area contributed by atoms with Crippen LogP contribution in [0.1, 0.15) is 36.0 Å². The van der Waals surface area contributed by atoms with Crippen LogP contribution in [0.3, 0.4) is 0 Å². The molecule has 0 spiro atoms. The molecule has 0 heterocycles. The second-order valence-electron chi connectivity index (χ2n) is 4.88. The molecule has 104 valence electrons. The van der Waals surface area contributed by atoms with Crippen LogP contribution in [0.15, 0.2) is 18.2 Å². The SMILES string of the molecule is O=C(NC1CCCCC1CCl)c1c(F)cccc1F. The van der Waals surface area contributed by atoms with E-state index in [0.717, 1.165) is 37.8 Å². The largest absolute Gasteiger partial charge is 0.349 e. The van der Waals surface area contributed by atoms with Gasteiger partial charge in [-0.1, -0.05) is 18.9 Å². The van der Waals surface area contributed by atoms with Crippen molar-refractivity contribution < 1.29 is 13.6 Å². The van der Waals surface area contributed by atoms with Crippen LogP contribution in [0.2, 0.25) is 0 Å². The zero-order valence-electron chi connectivity index (χ0n) is 10.5. The van der Waals surface area contributed by atoms with Crippen molar-refractivity contribution in [2.24, 2.45) is 5.92 Å². The van der Waals surface area contributed by atoms with Gasteiger partial charge < -0.3 is 5.32 Å². The Kier molecular flexibility index (Phi) is 4.75. The molecule has 0 aromatic heterocycles. The number of carbonyl (C=O) groups excluding carboxylic acids is 1. The molecule has 2 atom stereocenters. The topological polar surface area (TPSA) is 29.1 Å². The van der Waals surface area contributed by atoms with Crippen molar-refractivity contribution in [2.75, 3.05) is 5.88 Å². The highest BCUT2D eigenvalue weighted by Crippen LogP contribution is 2.26. The predicted octanol–water partition coefficient (Wildman–Crippen LogP) is 3.49. The molecule has 2 unspecified atom stereocenters. The summed E-state index contributed by atoms with van der Waals surface area (Å²) >= 11 is 5.87. The van der Waals surface area contributed by atoms with Gasteiger partial charge in [-0.15, -0.1) is 11.6 Å². The van der Waals surface area contributed by atoms with E-state index in [1.54, 1.807) is 0 Å². The monoisotopic (exact) mass is 287 g/mol. The van der Waals surface area contributed by atoms with Gasteiger partial charge in [0.2, 0.25) is 0 Å². The summed E-state index contributed by atoms with van der Waals surface area (Å²) in [6.45, 7) is 0. The summed E-state index contributed by atoms with van der Waals surface area (Å²) in [6.07, 6.45) is 3.82. The lowest BCUT2D eigenvalue weighted by Gasteiger charge is -2.30. The number of rotatable bonds is 3. The van der Waals surface area contributed by atoms with Crippen LogP contribution in [0.5, 0.6) is 0 Å². The molecule has 5 heteroatoms. The van der Waals surface area contributed by atoms with Crippen molar-refractivity contribution in [2.45, 2.75) is 31.7 Å². The molecule has 1 amide bonds. The number of carbonyl (C=O) groups is 1. The minimum Gasteiger partial charge on any atom is -0.349 e. The minimum atomic E-state index is -0.837. The summed E-state index contributed by atoms with van der Waals surface area (Å²) < 4.78 is 27.0. The summed E-state index contributed by atoms with van der Waals surface area (Å²) in [7, 11) is 0. The maximum atomic E-state index is 13.5. The van der Waals surface area contributed by atoms with Crippen molar-refractivity contribution in [1.29, 1.82) is 0 Å². The van der Waals surface area contributed by atoms with E-state index in [2.05, 4.69) is 5.32 Å². The molecule has 19 heavy (non-hydrogen) atoms. The van der Waals surface area contributed by atoms with E-state index in [1.807, 2.05) is 0 Å². The third-order valence-corrected chi connectivity index (χ3v) is 4.01. The lowest BCUT2D eigenvalue weighted by molar-refractivity contribution is 0.0902. The number of halogens is 3. The highest BCUT2D eigenvalue weighted by atomic mass is 35.5. The molecule has 1 aromatic carbocycles. The summed E-state index contributed by atoms with van der Waals surface area (Å²) in [5.41, 5.74) is -0.513. The first-order valence-electron chi connectivity index (χ1n) is 6.44. The zero-order valence-corrected chi connectivity index (χ0v) is 11.2. The second-order valence-corrected chi connectivity index (χ2v) is 5.18. The van der Waals surface area contributed by atoms with Gasteiger partial charge in [-0.25, -0.2) is 8.78 Å². The molecular weight excluding hydrogens is 272 g/mol. The van der Waals surface area contributed by atoms with Gasteiger partial charge in [-0.05, 0) is 30.9 Å². The van der Waals surface area contributed by atoms with Crippen LogP contribution in [-0.4, -0.2) is 17.8 Å². The van der Waals surface area contributed by atoms with E-state index >= 15 is 0 Å². The average molecular weight is 288 g/mol. The number of benzene rings is 1. The fourth-order valence-electron chi connectivity index (χ4n) is 2.54. The van der Waals surface area contributed by atoms with Crippen molar-refractivity contribution in [1.82, 2.24) is 5.32 Å². The first kappa shape index (κ1) is 14.3. The van der Waals surface area contributed by atoms with E-state index in [9.17, 15) is 13.6 Å². The average Bonchev–Trinajstić information content (AvgIpc) is 2.39. The summed E-state index contributed by atoms with van der Waals surface area (Å²) in [5.74, 6) is -1.75. The molecule has 0 radical (unpaired) electrons. The molecule has 1 saturated carbocycles. The van der Waals surface area contributed by atoms with Crippen molar-refractivity contribution in [3.05, 3.63) is 35.4 Å². The molecule has 2 nitrogen and oxygen atoms in total. The van der Waals surface area contributed by atoms with E-state index in [4.69, 9.17) is 11.6 Å². The Balaban J connectivity index is 2.12. The number of nitrogens with one attached hydrogen (secondary N) is 1. The van der Waals surface area contributed by atoms with Gasteiger partial charge in [0.25, 0.3) is 5.91 Å². The summed E-state index contributed by atoms with van der Waals surface area (Å²) in [5, 5.41) is 2.71. The summed E-state index contributed by atoms with van der Waals surface area (Å²) in [6, 6.07) is 3.30. The Labute approximate surface area is 116 Å². The molecule has 1 aliphatic rings. The normalized spacial score (nSPS) is 23.1. The molecular formula is C14H16ClF2NO. The summed E-state index contributed by atoms with van der Waals surface area (Å²) in [4.78, 5) is 12.0. The molecule has 1 fully saturated rings. The number of alkyl halides is 1. The molecule has 1 N–H and O–H groups in total. The van der Waals surface area contributed by atoms with E-state index in [0.29, 0.717) is 5.88 Å². The molecule has 2 rings (SSSR count). The molecule has 0 aliphatic heterocycles. The third kappa shape index (κ3) is 3.24. The van der Waals surface area contributed by atoms with Gasteiger partial charge in [0.15, 0.2) is 0 Å². The maximum absolute atomic E-state index is 13.5. The quantitative estimate of drug-likeness (QED) is 0.847. The Bertz CT molecular complexity index is 447. The van der Waals surface area contributed by atoms with Gasteiger partial charge in [0.1, 0.15) is 17.2 Å². The smallest absolute Gasteiger partial charge is 0.257 e. The maximum Gasteiger partial charge on any atom is 0.257 e. The van der Waals surface area contributed by atoms with Gasteiger partial charge >= 0.3 is 0 Å². The van der Waals surface area contributed by atoms with Crippen LogP contribution in [0.4, 0.5) is 8.78 Å². The fourth-order valence-corrected chi connectivity index (χ4v) is 2.91. The predicted molar refractivity (Wildman–Crippen MR) is 70.3 cm³/mol. The molecule has 0 saturated heterocycles. The lowest BCUT2D eigenvalue weighted by atomic mass is 9.85. The Morgan fingerprint density at radius 3 is 2.53 bits per heavy atom. The van der Waals surface area contributed by atoms with Crippen molar-refractivity contribution in [3.8, 4) is 0 Å². The second kappa shape index (κ2) is 6.33. The first-order valence-corrected chi connectivity index (χ1v) is 6.97. The lowest BCUT2D eigenvalue weighted by Crippen LogP contribution is -2.43. The zero-order chi connectivity index (χ0) is 13.8. The van der Waals surface area contributed by atoms with Gasteiger partial charge in [0.05, 0.1) is 0 Å². The Morgan fingerprint density at radius 1 is 1.26 bits per heavy atom. The van der Waals surface area contributed by atoms with E-state index < -0.39 is 23.1 Å². The standard InChI is InChI=1S/C14H16ClF2NO/c15-8-9-4-1-2-7-12(9)18-14(19)13-10(16)5-3-6-11(13)17/h3,5-6,9,12H,1-2,4,7-8H2,(H,18,19). The minimum absolute atomic E-state index is 0.0993. The van der Waals surface area contributed by atoms with Crippen LogP contribution < -0.4 is 5.32 Å². The highest BCUT2D eigenvalue weighted by molar-refractivity contribution is 6.18. The van der Waals surface area contributed by atoms with Crippen molar-refractivity contribution in [3.63, 3.8) is 0 Å². The number of amides is 1. The third-order valence-electron chi connectivity index (χ3n) is 3.61. The van der Waals surface area contributed by atoms with E-state index in [-0.39, 0.29) is 12.0 Å². The molecule has 1 aliphatic carbocycles. The number of hydrogen-bond acceptors (Lipinski definition) is 1. The van der Waals surface area contributed by atoms with Crippen LogP contribution in [-0.2, 0) is 0 Å². The Hall–Kier alpha value is -1.16. The van der Waals surface area contributed by atoms with Crippen molar-refractivity contribution >= 4 is 17.5 Å². The molecule has 1 aromatic rings. The van der Waals surface area contributed by atoms with Gasteiger partial charge in [-0.2, -0.15) is 0 Å². The van der Waals surface area contributed by atoms with Crippen LogP contribution >= 0.6 is 11.6 Å².